The van der Waals surface area contributed by atoms with Crippen LogP contribution in [0.5, 0.6) is 5.75 Å². The van der Waals surface area contributed by atoms with Crippen molar-refractivity contribution < 1.29 is 18.8 Å². The average molecular weight is 392 g/mol. The van der Waals surface area contributed by atoms with Crippen LogP contribution in [0, 0.1) is 5.92 Å². The minimum absolute atomic E-state index is 0.131. The van der Waals surface area contributed by atoms with E-state index in [2.05, 4.69) is 5.16 Å². The zero-order valence-corrected chi connectivity index (χ0v) is 15.8. The van der Waals surface area contributed by atoms with Gasteiger partial charge in [0.1, 0.15) is 11.9 Å². The van der Waals surface area contributed by atoms with E-state index in [1.165, 1.54) is 0 Å². The van der Waals surface area contributed by atoms with Crippen LogP contribution in [0.1, 0.15) is 36.0 Å². The summed E-state index contributed by atoms with van der Waals surface area (Å²) in [5.41, 5.74) is 6.14. The lowest BCUT2D eigenvalue weighted by Crippen LogP contribution is -2.49. The maximum atomic E-state index is 12.7. The van der Waals surface area contributed by atoms with Crippen LogP contribution in [0.25, 0.3) is 0 Å². The molecule has 3 rings (SSSR count). The van der Waals surface area contributed by atoms with Gasteiger partial charge in [0.05, 0.1) is 5.69 Å². The molecule has 144 valence electrons. The van der Waals surface area contributed by atoms with Gasteiger partial charge in [-0.25, -0.2) is 0 Å². The number of primary amides is 1. The van der Waals surface area contributed by atoms with Gasteiger partial charge in [-0.15, -0.1) is 0 Å². The topological polar surface area (TPSA) is 98.7 Å². The van der Waals surface area contributed by atoms with E-state index in [4.69, 9.17) is 26.6 Å². The monoisotopic (exact) mass is 391 g/mol. The van der Waals surface area contributed by atoms with E-state index < -0.39 is 5.91 Å². The van der Waals surface area contributed by atoms with E-state index in [1.54, 1.807) is 29.2 Å². The molecule has 2 aromatic rings. The van der Waals surface area contributed by atoms with Gasteiger partial charge in [0.25, 0.3) is 5.91 Å². The van der Waals surface area contributed by atoms with Crippen molar-refractivity contribution in [2.24, 2.45) is 11.7 Å². The fourth-order valence-electron chi connectivity index (χ4n) is 3.25. The van der Waals surface area contributed by atoms with Crippen LogP contribution < -0.4 is 10.5 Å². The smallest absolute Gasteiger partial charge is 0.292 e. The standard InChI is InChI=1S/C19H22ClN3O4/c1-2-14-10-17(27-22-14)19(25)23-7-6-16(12(11-23)8-18(21)24)26-15-5-3-4-13(20)9-15/h3-5,9-10,12,16H,2,6-8,11H2,1H3,(H2,21,24)/t12-,16-/m0/s1. The number of nitrogens with two attached hydrogens (primary N) is 1. The molecule has 1 aromatic carbocycles. The molecule has 8 heteroatoms. The second kappa shape index (κ2) is 8.43. The molecule has 27 heavy (non-hydrogen) atoms. The van der Waals surface area contributed by atoms with Crippen molar-refractivity contribution in [3.8, 4) is 5.75 Å². The number of piperidine rings is 1. The van der Waals surface area contributed by atoms with E-state index in [-0.39, 0.29) is 30.1 Å². The highest BCUT2D eigenvalue weighted by molar-refractivity contribution is 6.30. The fourth-order valence-corrected chi connectivity index (χ4v) is 3.44. The fraction of sp³-hybridized carbons (Fsp3) is 0.421. The van der Waals surface area contributed by atoms with Crippen LogP contribution in [0.4, 0.5) is 0 Å². The van der Waals surface area contributed by atoms with E-state index in [0.717, 1.165) is 5.69 Å². The molecular formula is C19H22ClN3O4. The summed E-state index contributed by atoms with van der Waals surface area (Å²) >= 11 is 6.01. The summed E-state index contributed by atoms with van der Waals surface area (Å²) in [6.07, 6.45) is 1.16. The second-order valence-corrected chi connectivity index (χ2v) is 7.06. The van der Waals surface area contributed by atoms with E-state index in [0.29, 0.717) is 36.7 Å². The summed E-state index contributed by atoms with van der Waals surface area (Å²) < 4.78 is 11.2. The maximum Gasteiger partial charge on any atom is 0.292 e. The molecule has 1 saturated heterocycles. The Morgan fingerprint density at radius 3 is 2.89 bits per heavy atom. The minimum Gasteiger partial charge on any atom is -0.490 e. The van der Waals surface area contributed by atoms with Gasteiger partial charge in [-0.1, -0.05) is 29.7 Å². The molecule has 1 aromatic heterocycles. The molecule has 0 aliphatic carbocycles. The molecule has 7 nitrogen and oxygen atoms in total. The number of carbonyl (C=O) groups excluding carboxylic acids is 2. The predicted octanol–water partition coefficient (Wildman–Crippen LogP) is 2.68. The Kier molecular flexibility index (Phi) is 6.01. The normalized spacial score (nSPS) is 19.7. The van der Waals surface area contributed by atoms with Gasteiger partial charge in [0.2, 0.25) is 11.7 Å². The number of halogens is 1. The molecule has 1 aliphatic heterocycles. The summed E-state index contributed by atoms with van der Waals surface area (Å²) in [6, 6.07) is 8.75. The number of hydrogen-bond donors (Lipinski definition) is 1. The zero-order chi connectivity index (χ0) is 19.4. The van der Waals surface area contributed by atoms with Gasteiger partial charge in [0.15, 0.2) is 0 Å². The maximum absolute atomic E-state index is 12.7. The number of ether oxygens (including phenoxy) is 1. The first kappa shape index (κ1) is 19.2. The molecule has 1 aliphatic rings. The van der Waals surface area contributed by atoms with Crippen molar-refractivity contribution in [3.63, 3.8) is 0 Å². The van der Waals surface area contributed by atoms with E-state index in [1.807, 2.05) is 13.0 Å². The van der Waals surface area contributed by atoms with Crippen molar-refractivity contribution >= 4 is 23.4 Å². The Balaban J connectivity index is 1.71. The lowest BCUT2D eigenvalue weighted by Gasteiger charge is -2.37. The van der Waals surface area contributed by atoms with Gasteiger partial charge in [-0.2, -0.15) is 0 Å². The Morgan fingerprint density at radius 1 is 1.41 bits per heavy atom. The van der Waals surface area contributed by atoms with E-state index in [9.17, 15) is 9.59 Å². The molecule has 0 spiro atoms. The van der Waals surface area contributed by atoms with Crippen molar-refractivity contribution in [1.29, 1.82) is 0 Å². The number of rotatable bonds is 6. The summed E-state index contributed by atoms with van der Waals surface area (Å²) in [6.45, 7) is 2.78. The molecule has 1 fully saturated rings. The van der Waals surface area contributed by atoms with Crippen molar-refractivity contribution in [1.82, 2.24) is 10.1 Å². The number of aromatic nitrogens is 1. The largest absolute Gasteiger partial charge is 0.490 e. The lowest BCUT2D eigenvalue weighted by molar-refractivity contribution is -0.120. The van der Waals surface area contributed by atoms with E-state index >= 15 is 0 Å². The first-order valence-electron chi connectivity index (χ1n) is 8.91. The van der Waals surface area contributed by atoms with Crippen molar-refractivity contribution in [3.05, 3.63) is 46.8 Å². The van der Waals surface area contributed by atoms with Gasteiger partial charge in [-0.05, 0) is 24.6 Å². The van der Waals surface area contributed by atoms with Crippen LogP contribution in [-0.2, 0) is 11.2 Å². The molecule has 2 atom stereocenters. The first-order valence-corrected chi connectivity index (χ1v) is 9.29. The number of carbonyl (C=O) groups is 2. The number of aryl methyl sites for hydroxylation is 1. The molecule has 0 unspecified atom stereocenters. The number of benzene rings is 1. The Bertz CT molecular complexity index is 823. The molecule has 0 radical (unpaired) electrons. The second-order valence-electron chi connectivity index (χ2n) is 6.62. The molecule has 0 saturated carbocycles. The molecule has 2 N–H and O–H groups in total. The summed E-state index contributed by atoms with van der Waals surface area (Å²) in [5, 5.41) is 4.44. The quantitative estimate of drug-likeness (QED) is 0.816. The van der Waals surface area contributed by atoms with Crippen LogP contribution in [0.2, 0.25) is 5.02 Å². The molecular weight excluding hydrogens is 370 g/mol. The van der Waals surface area contributed by atoms with Gasteiger partial charge in [0, 0.05) is 42.9 Å². The minimum atomic E-state index is -0.429. The number of hydrogen-bond acceptors (Lipinski definition) is 5. The SMILES string of the molecule is CCc1cc(C(=O)N2CC[C@H](Oc3cccc(Cl)c3)[C@@H](CC(N)=O)C2)on1. The number of nitrogens with zero attached hydrogens (tertiary/aromatic N) is 2. The Morgan fingerprint density at radius 2 is 2.22 bits per heavy atom. The zero-order valence-electron chi connectivity index (χ0n) is 15.1. The number of likely N-dealkylation sites (tertiary alicyclic amines) is 1. The van der Waals surface area contributed by atoms with Crippen molar-refractivity contribution in [2.75, 3.05) is 13.1 Å². The first-order chi connectivity index (χ1) is 13.0. The Labute approximate surface area is 162 Å². The van der Waals surface area contributed by atoms with Crippen LogP contribution >= 0.6 is 11.6 Å². The highest BCUT2D eigenvalue weighted by atomic mass is 35.5. The predicted molar refractivity (Wildman–Crippen MR) is 99.6 cm³/mol. The van der Waals surface area contributed by atoms with Gasteiger partial charge < -0.3 is 19.9 Å². The van der Waals surface area contributed by atoms with Crippen LogP contribution in [-0.4, -0.2) is 41.1 Å². The highest BCUT2D eigenvalue weighted by Gasteiger charge is 2.35. The van der Waals surface area contributed by atoms with Crippen LogP contribution in [0.15, 0.2) is 34.9 Å². The third-order valence-corrected chi connectivity index (χ3v) is 4.87. The highest BCUT2D eigenvalue weighted by Crippen LogP contribution is 2.28. The number of amides is 2. The molecule has 0 bridgehead atoms. The van der Waals surface area contributed by atoms with Gasteiger partial charge in [-0.3, -0.25) is 9.59 Å². The molecule has 2 heterocycles. The van der Waals surface area contributed by atoms with Crippen LogP contribution in [0.3, 0.4) is 0 Å². The summed E-state index contributed by atoms with van der Waals surface area (Å²) in [5.74, 6) is -0.0454. The summed E-state index contributed by atoms with van der Waals surface area (Å²) in [4.78, 5) is 25.9. The molecule has 2 amide bonds. The third-order valence-electron chi connectivity index (χ3n) is 4.63. The van der Waals surface area contributed by atoms with Gasteiger partial charge >= 0.3 is 0 Å². The lowest BCUT2D eigenvalue weighted by atomic mass is 9.91. The summed E-state index contributed by atoms with van der Waals surface area (Å²) in [7, 11) is 0. The van der Waals surface area contributed by atoms with Crippen molar-refractivity contribution in [2.45, 2.75) is 32.3 Å². The third kappa shape index (κ3) is 4.80. The Hall–Kier alpha value is -2.54. The average Bonchev–Trinajstić information content (AvgIpc) is 3.11.